The molecule has 2 heteroatoms. The molecule has 12 aromatic rings. The van der Waals surface area contributed by atoms with Gasteiger partial charge >= 0.3 is 0 Å². The number of benzene rings is 11. The van der Waals surface area contributed by atoms with E-state index in [9.17, 15) is 0 Å². The van der Waals surface area contributed by atoms with E-state index in [-0.39, 0.29) is 0 Å². The molecule has 0 aliphatic heterocycles. The zero-order valence-electron chi connectivity index (χ0n) is 35.0. The molecule has 0 atom stereocenters. The van der Waals surface area contributed by atoms with Crippen LogP contribution in [0.4, 0.5) is 17.1 Å². The van der Waals surface area contributed by atoms with Gasteiger partial charge in [0.1, 0.15) is 11.3 Å². The summed E-state index contributed by atoms with van der Waals surface area (Å²) in [6.45, 7) is 0. The van der Waals surface area contributed by atoms with E-state index in [1.165, 1.54) is 65.7 Å². The number of hydrogen-bond donors (Lipinski definition) is 0. The van der Waals surface area contributed by atoms with Crippen molar-refractivity contribution >= 4 is 60.3 Å². The van der Waals surface area contributed by atoms with Crippen LogP contribution in [0, 0.1) is 0 Å². The first-order valence-electron chi connectivity index (χ1n) is 21.9. The summed E-state index contributed by atoms with van der Waals surface area (Å²) in [4.78, 5) is 2.35. The SMILES string of the molecule is c1cc(-c2ccc(N(c3ccc(-c4cccc(-c5cccc6ccccc56)c4)cc3)c3ccc(-c4cc5ccccc5c5ccccc45)cc3)cc2)cc(-c2cc3ccccc3o2)c1. The van der Waals surface area contributed by atoms with E-state index in [0.717, 1.165) is 50.5 Å². The maximum Gasteiger partial charge on any atom is 0.135 e. The van der Waals surface area contributed by atoms with E-state index in [1.54, 1.807) is 0 Å². The standard InChI is InChI=1S/C62H41NO/c1-4-20-55-44(12-1)15-11-24-56(55)48-18-9-16-46(38-48)42-26-32-52(33-27-42)63(54-36-30-45(31-37-54)60-40-49-13-2-5-21-57(49)58-22-6-7-23-59(58)60)53-34-28-43(29-35-53)47-17-10-19-50(39-47)62-41-51-14-3-8-25-61(51)64-62/h1-41H. The first-order chi connectivity index (χ1) is 31.7. The Balaban J connectivity index is 0.916. The summed E-state index contributed by atoms with van der Waals surface area (Å²) < 4.78 is 6.24. The predicted octanol–water partition coefficient (Wildman–Crippen LogP) is 17.7. The average Bonchev–Trinajstić information content (AvgIpc) is 3.82. The maximum atomic E-state index is 6.24. The first-order valence-corrected chi connectivity index (χ1v) is 21.9. The molecule has 2 nitrogen and oxygen atoms in total. The lowest BCUT2D eigenvalue weighted by Crippen LogP contribution is -2.09. The molecule has 0 spiro atoms. The van der Waals surface area contributed by atoms with Crippen molar-refractivity contribution in [1.29, 1.82) is 0 Å². The summed E-state index contributed by atoms with van der Waals surface area (Å²) in [5.41, 5.74) is 14.7. The molecule has 0 saturated heterocycles. The lowest BCUT2D eigenvalue weighted by atomic mass is 9.93. The minimum absolute atomic E-state index is 0.870. The second-order valence-corrected chi connectivity index (χ2v) is 16.5. The molecule has 1 heterocycles. The smallest absolute Gasteiger partial charge is 0.135 e. The van der Waals surface area contributed by atoms with Crippen molar-refractivity contribution in [2.24, 2.45) is 0 Å². The summed E-state index contributed by atoms with van der Waals surface area (Å²) in [5.74, 6) is 0.870. The number of hydrogen-bond acceptors (Lipinski definition) is 2. The summed E-state index contributed by atoms with van der Waals surface area (Å²) in [6.07, 6.45) is 0. The van der Waals surface area contributed by atoms with Crippen LogP contribution < -0.4 is 4.90 Å². The molecule has 1 aromatic heterocycles. The van der Waals surface area contributed by atoms with Crippen molar-refractivity contribution in [2.45, 2.75) is 0 Å². The fourth-order valence-corrected chi connectivity index (χ4v) is 9.46. The third kappa shape index (κ3) is 6.79. The van der Waals surface area contributed by atoms with Crippen LogP contribution in [0.15, 0.2) is 253 Å². The predicted molar refractivity (Wildman–Crippen MR) is 271 cm³/mol. The van der Waals surface area contributed by atoms with Crippen LogP contribution in [0.2, 0.25) is 0 Å². The van der Waals surface area contributed by atoms with E-state index >= 15 is 0 Å². The third-order valence-electron chi connectivity index (χ3n) is 12.7. The van der Waals surface area contributed by atoms with Gasteiger partial charge in [0.2, 0.25) is 0 Å². The number of para-hydroxylation sites is 1. The van der Waals surface area contributed by atoms with Crippen LogP contribution >= 0.6 is 0 Å². The maximum absolute atomic E-state index is 6.24. The van der Waals surface area contributed by atoms with Gasteiger partial charge in [0.25, 0.3) is 0 Å². The van der Waals surface area contributed by atoms with E-state index in [1.807, 2.05) is 18.2 Å². The normalized spacial score (nSPS) is 11.4. The summed E-state index contributed by atoms with van der Waals surface area (Å²) in [6, 6.07) is 89.7. The van der Waals surface area contributed by atoms with Gasteiger partial charge in [0.15, 0.2) is 0 Å². The first kappa shape index (κ1) is 37.3. The van der Waals surface area contributed by atoms with Gasteiger partial charge in [0.05, 0.1) is 0 Å². The molecule has 0 radical (unpaired) electrons. The number of rotatable bonds is 8. The largest absolute Gasteiger partial charge is 0.456 e. The Morgan fingerprint density at radius 1 is 0.250 bits per heavy atom. The molecule has 0 bridgehead atoms. The van der Waals surface area contributed by atoms with Crippen molar-refractivity contribution in [1.82, 2.24) is 0 Å². The van der Waals surface area contributed by atoms with Crippen molar-refractivity contribution in [2.75, 3.05) is 4.90 Å². The van der Waals surface area contributed by atoms with E-state index < -0.39 is 0 Å². The molecule has 0 aliphatic rings. The van der Waals surface area contributed by atoms with Gasteiger partial charge in [-0.05, 0) is 144 Å². The van der Waals surface area contributed by atoms with Gasteiger partial charge in [-0.1, -0.05) is 182 Å². The van der Waals surface area contributed by atoms with Gasteiger partial charge in [-0.3, -0.25) is 0 Å². The molecule has 0 unspecified atom stereocenters. The van der Waals surface area contributed by atoms with Crippen LogP contribution in [-0.2, 0) is 0 Å². The van der Waals surface area contributed by atoms with Gasteiger partial charge in [-0.2, -0.15) is 0 Å². The number of furan rings is 1. The van der Waals surface area contributed by atoms with Crippen LogP contribution in [-0.4, -0.2) is 0 Å². The number of nitrogens with zero attached hydrogens (tertiary/aromatic N) is 1. The molecule has 0 N–H and O–H groups in total. The Morgan fingerprint density at radius 2 is 0.734 bits per heavy atom. The van der Waals surface area contributed by atoms with Crippen molar-refractivity contribution < 1.29 is 4.42 Å². The highest BCUT2D eigenvalue weighted by Crippen LogP contribution is 2.41. The topological polar surface area (TPSA) is 16.4 Å². The fraction of sp³-hybridized carbons (Fsp3) is 0. The zero-order chi connectivity index (χ0) is 42.4. The molecule has 64 heavy (non-hydrogen) atoms. The lowest BCUT2D eigenvalue weighted by Gasteiger charge is -2.26. The highest BCUT2D eigenvalue weighted by molar-refractivity contribution is 6.13. The molecule has 0 saturated carbocycles. The monoisotopic (exact) mass is 815 g/mol. The lowest BCUT2D eigenvalue weighted by molar-refractivity contribution is 0.631. The second-order valence-electron chi connectivity index (χ2n) is 16.5. The molecule has 300 valence electrons. The second kappa shape index (κ2) is 15.8. The average molecular weight is 816 g/mol. The molecule has 0 amide bonds. The molecule has 0 aliphatic carbocycles. The Hall–Kier alpha value is -8.46. The van der Waals surface area contributed by atoms with Crippen LogP contribution in [0.25, 0.3) is 99.1 Å². The Bertz CT molecular complexity index is 3620. The third-order valence-corrected chi connectivity index (χ3v) is 12.7. The number of fused-ring (bicyclic) bond motifs is 5. The minimum Gasteiger partial charge on any atom is -0.456 e. The number of anilines is 3. The molecular formula is C62H41NO. The molecular weight excluding hydrogens is 775 g/mol. The quantitative estimate of drug-likeness (QED) is 0.142. The van der Waals surface area contributed by atoms with E-state index in [0.29, 0.717) is 0 Å². The van der Waals surface area contributed by atoms with Crippen LogP contribution in [0.1, 0.15) is 0 Å². The van der Waals surface area contributed by atoms with Crippen LogP contribution in [0.5, 0.6) is 0 Å². The van der Waals surface area contributed by atoms with Gasteiger partial charge in [0, 0.05) is 28.0 Å². The van der Waals surface area contributed by atoms with E-state index in [4.69, 9.17) is 4.42 Å². The Morgan fingerprint density at radius 3 is 1.41 bits per heavy atom. The minimum atomic E-state index is 0.870. The van der Waals surface area contributed by atoms with Crippen molar-refractivity contribution in [3.8, 4) is 55.8 Å². The molecule has 12 rings (SSSR count). The van der Waals surface area contributed by atoms with Gasteiger partial charge in [-0.25, -0.2) is 0 Å². The van der Waals surface area contributed by atoms with Crippen molar-refractivity contribution in [3.63, 3.8) is 0 Å². The van der Waals surface area contributed by atoms with Gasteiger partial charge < -0.3 is 9.32 Å². The fourth-order valence-electron chi connectivity index (χ4n) is 9.46. The highest BCUT2D eigenvalue weighted by Gasteiger charge is 2.16. The summed E-state index contributed by atoms with van der Waals surface area (Å²) >= 11 is 0. The van der Waals surface area contributed by atoms with Crippen LogP contribution in [0.3, 0.4) is 0 Å². The van der Waals surface area contributed by atoms with Crippen molar-refractivity contribution in [3.05, 3.63) is 249 Å². The molecule has 11 aromatic carbocycles. The Kier molecular flexibility index (Phi) is 9.20. The zero-order valence-corrected chi connectivity index (χ0v) is 35.0. The summed E-state index contributed by atoms with van der Waals surface area (Å²) in [7, 11) is 0. The van der Waals surface area contributed by atoms with E-state index in [2.05, 4.69) is 235 Å². The van der Waals surface area contributed by atoms with Gasteiger partial charge in [-0.15, -0.1) is 0 Å². The Labute approximate surface area is 372 Å². The molecule has 0 fully saturated rings. The highest BCUT2D eigenvalue weighted by atomic mass is 16.3. The summed E-state index contributed by atoms with van der Waals surface area (Å²) in [5, 5.41) is 8.66.